The third-order valence-electron chi connectivity index (χ3n) is 3.73. The Morgan fingerprint density at radius 3 is 2.52 bits per heavy atom. The van der Waals surface area contributed by atoms with Crippen molar-refractivity contribution in [3.63, 3.8) is 0 Å². The number of rotatable bonds is 3. The Labute approximate surface area is 123 Å². The smallest absolute Gasteiger partial charge is 0.335 e. The number of hydrogen-bond acceptors (Lipinski definition) is 3. The van der Waals surface area contributed by atoms with Gasteiger partial charge in [-0.15, -0.1) is 0 Å². The molecule has 1 aromatic carbocycles. The summed E-state index contributed by atoms with van der Waals surface area (Å²) in [5.74, 6) is -0.974. The van der Waals surface area contributed by atoms with Crippen LogP contribution in [0.15, 0.2) is 18.2 Å². The van der Waals surface area contributed by atoms with Crippen molar-refractivity contribution >= 4 is 17.7 Å². The summed E-state index contributed by atoms with van der Waals surface area (Å²) in [6, 6.07) is 4.43. The van der Waals surface area contributed by atoms with Crippen molar-refractivity contribution in [3.8, 4) is 0 Å². The first kappa shape index (κ1) is 15.3. The van der Waals surface area contributed by atoms with E-state index in [1.807, 2.05) is 6.92 Å². The van der Waals surface area contributed by atoms with E-state index in [0.717, 1.165) is 12.8 Å². The highest BCUT2D eigenvalue weighted by atomic mass is 16.5. The summed E-state index contributed by atoms with van der Waals surface area (Å²) in [5.41, 5.74) is 1.15. The summed E-state index contributed by atoms with van der Waals surface area (Å²) in [5, 5.41) is 14.7. The van der Waals surface area contributed by atoms with Gasteiger partial charge in [0.2, 0.25) is 0 Å². The highest BCUT2D eigenvalue weighted by molar-refractivity contribution is 5.93. The van der Waals surface area contributed by atoms with E-state index in [9.17, 15) is 9.59 Å². The zero-order chi connectivity index (χ0) is 15.5. The molecule has 0 radical (unpaired) electrons. The lowest BCUT2D eigenvalue weighted by Gasteiger charge is -2.34. The van der Waals surface area contributed by atoms with Gasteiger partial charge in [0.05, 0.1) is 5.56 Å². The van der Waals surface area contributed by atoms with Crippen LogP contribution in [0.1, 0.15) is 35.7 Å². The molecule has 6 nitrogen and oxygen atoms in total. The van der Waals surface area contributed by atoms with Crippen LogP contribution in [0.2, 0.25) is 0 Å². The van der Waals surface area contributed by atoms with E-state index < -0.39 is 5.97 Å². The predicted molar refractivity (Wildman–Crippen MR) is 78.8 cm³/mol. The number of carbonyl (C=O) groups excluding carboxylic acids is 1. The average Bonchev–Trinajstić information content (AvgIpc) is 2.38. The second-order valence-corrected chi connectivity index (χ2v) is 5.59. The monoisotopic (exact) mass is 292 g/mol. The van der Waals surface area contributed by atoms with Crippen LogP contribution in [-0.2, 0) is 4.74 Å². The summed E-state index contributed by atoms with van der Waals surface area (Å²) in [7, 11) is 0. The third kappa shape index (κ3) is 3.95. The second-order valence-electron chi connectivity index (χ2n) is 5.59. The number of nitrogens with one attached hydrogen (secondary N) is 2. The average molecular weight is 292 g/mol. The molecule has 1 fully saturated rings. The van der Waals surface area contributed by atoms with Gasteiger partial charge in [-0.05, 0) is 50.5 Å². The number of urea groups is 1. The number of carbonyl (C=O) groups is 2. The fourth-order valence-corrected chi connectivity index (χ4v) is 2.36. The Bertz CT molecular complexity index is 551. The fourth-order valence-electron chi connectivity index (χ4n) is 2.36. The van der Waals surface area contributed by atoms with E-state index in [1.54, 1.807) is 19.1 Å². The molecular formula is C15H20N2O4. The van der Waals surface area contributed by atoms with Crippen molar-refractivity contribution < 1.29 is 19.4 Å². The van der Waals surface area contributed by atoms with E-state index in [4.69, 9.17) is 9.84 Å². The Hall–Kier alpha value is -2.08. The maximum atomic E-state index is 12.0. The minimum Gasteiger partial charge on any atom is -0.478 e. The number of hydrogen-bond donors (Lipinski definition) is 3. The standard InChI is InChI=1S/C15H20N2O4/c1-10-9-11(3-4-12(10)13(18)19)16-14(20)17-15(2)5-7-21-8-6-15/h3-4,9H,5-8H2,1-2H3,(H,18,19)(H2,16,17,20). The van der Waals surface area contributed by atoms with Gasteiger partial charge in [0.15, 0.2) is 0 Å². The molecule has 0 aliphatic carbocycles. The van der Waals surface area contributed by atoms with Crippen LogP contribution in [0.5, 0.6) is 0 Å². The van der Waals surface area contributed by atoms with E-state index in [1.165, 1.54) is 6.07 Å². The fraction of sp³-hybridized carbons (Fsp3) is 0.467. The number of aryl methyl sites for hydroxylation is 1. The molecule has 114 valence electrons. The zero-order valence-electron chi connectivity index (χ0n) is 12.2. The van der Waals surface area contributed by atoms with Crippen molar-refractivity contribution in [2.24, 2.45) is 0 Å². The molecule has 21 heavy (non-hydrogen) atoms. The number of carboxylic acid groups (broad SMARTS) is 1. The number of carboxylic acids is 1. The molecule has 2 rings (SSSR count). The number of amides is 2. The molecular weight excluding hydrogens is 272 g/mol. The minimum atomic E-state index is -0.974. The van der Waals surface area contributed by atoms with Gasteiger partial charge in [0.25, 0.3) is 0 Å². The first-order chi connectivity index (χ1) is 9.89. The predicted octanol–water partition coefficient (Wildman–Crippen LogP) is 2.38. The van der Waals surface area contributed by atoms with Crippen molar-refractivity contribution in [1.29, 1.82) is 0 Å². The molecule has 1 heterocycles. The van der Waals surface area contributed by atoms with Crippen LogP contribution in [0, 0.1) is 6.92 Å². The zero-order valence-corrected chi connectivity index (χ0v) is 12.2. The largest absolute Gasteiger partial charge is 0.478 e. The summed E-state index contributed by atoms with van der Waals surface area (Å²) in [6.07, 6.45) is 1.55. The Morgan fingerprint density at radius 1 is 1.29 bits per heavy atom. The highest BCUT2D eigenvalue weighted by Gasteiger charge is 2.28. The molecule has 1 aliphatic rings. The van der Waals surface area contributed by atoms with E-state index in [-0.39, 0.29) is 17.1 Å². The number of benzene rings is 1. The van der Waals surface area contributed by atoms with Crippen molar-refractivity contribution in [2.45, 2.75) is 32.2 Å². The van der Waals surface area contributed by atoms with Gasteiger partial charge >= 0.3 is 12.0 Å². The molecule has 0 atom stereocenters. The normalized spacial score (nSPS) is 17.0. The maximum absolute atomic E-state index is 12.0. The molecule has 2 amide bonds. The van der Waals surface area contributed by atoms with Crippen molar-refractivity contribution in [2.75, 3.05) is 18.5 Å². The quantitative estimate of drug-likeness (QED) is 0.798. The molecule has 0 bridgehead atoms. The van der Waals surface area contributed by atoms with E-state index >= 15 is 0 Å². The molecule has 0 spiro atoms. The van der Waals surface area contributed by atoms with Gasteiger partial charge in [-0.3, -0.25) is 0 Å². The number of ether oxygens (including phenoxy) is 1. The van der Waals surface area contributed by atoms with E-state index in [2.05, 4.69) is 10.6 Å². The van der Waals surface area contributed by atoms with Gasteiger partial charge in [0.1, 0.15) is 0 Å². The Kier molecular flexibility index (Phi) is 4.47. The molecule has 0 unspecified atom stereocenters. The van der Waals surface area contributed by atoms with Gasteiger partial charge in [-0.1, -0.05) is 0 Å². The molecule has 0 saturated carbocycles. The van der Waals surface area contributed by atoms with Gasteiger partial charge in [-0.25, -0.2) is 9.59 Å². The minimum absolute atomic E-state index is 0.234. The Morgan fingerprint density at radius 2 is 1.95 bits per heavy atom. The maximum Gasteiger partial charge on any atom is 0.335 e. The Balaban J connectivity index is 1.99. The van der Waals surface area contributed by atoms with Crippen molar-refractivity contribution in [3.05, 3.63) is 29.3 Å². The van der Waals surface area contributed by atoms with Crippen LogP contribution >= 0.6 is 0 Å². The SMILES string of the molecule is Cc1cc(NC(=O)NC2(C)CCOCC2)ccc1C(=O)O. The van der Waals surface area contributed by atoms with Crippen LogP contribution < -0.4 is 10.6 Å². The third-order valence-corrected chi connectivity index (χ3v) is 3.73. The van der Waals surface area contributed by atoms with Crippen LogP contribution in [-0.4, -0.2) is 35.9 Å². The molecule has 0 aromatic heterocycles. The van der Waals surface area contributed by atoms with Crippen LogP contribution in [0.3, 0.4) is 0 Å². The first-order valence-electron chi connectivity index (χ1n) is 6.90. The first-order valence-corrected chi connectivity index (χ1v) is 6.90. The molecule has 1 saturated heterocycles. The second kappa shape index (κ2) is 6.13. The lowest BCUT2D eigenvalue weighted by molar-refractivity contribution is 0.0499. The van der Waals surface area contributed by atoms with Crippen LogP contribution in [0.4, 0.5) is 10.5 Å². The highest BCUT2D eigenvalue weighted by Crippen LogP contribution is 2.20. The summed E-state index contributed by atoms with van der Waals surface area (Å²) < 4.78 is 5.29. The molecule has 6 heteroatoms. The molecule has 1 aromatic rings. The van der Waals surface area contributed by atoms with Gasteiger partial charge < -0.3 is 20.5 Å². The molecule has 3 N–H and O–H groups in total. The van der Waals surface area contributed by atoms with Gasteiger partial charge in [-0.2, -0.15) is 0 Å². The lowest BCUT2D eigenvalue weighted by Crippen LogP contribution is -2.51. The topological polar surface area (TPSA) is 87.7 Å². The number of aromatic carboxylic acids is 1. The summed E-state index contributed by atoms with van der Waals surface area (Å²) >= 11 is 0. The molecule has 1 aliphatic heterocycles. The summed E-state index contributed by atoms with van der Waals surface area (Å²) in [4.78, 5) is 23.0. The van der Waals surface area contributed by atoms with Crippen LogP contribution in [0.25, 0.3) is 0 Å². The van der Waals surface area contributed by atoms with Gasteiger partial charge in [0, 0.05) is 24.4 Å². The lowest BCUT2D eigenvalue weighted by atomic mass is 9.93. The van der Waals surface area contributed by atoms with E-state index in [0.29, 0.717) is 24.5 Å². The summed E-state index contributed by atoms with van der Waals surface area (Å²) in [6.45, 7) is 4.98. The van der Waals surface area contributed by atoms with Crippen molar-refractivity contribution in [1.82, 2.24) is 5.32 Å². The number of anilines is 1.